The SMILES string of the molecule is [CH2-][CH+]CC[NH-].[W]. The van der Waals surface area contributed by atoms with Gasteiger partial charge in [0.2, 0.25) is 0 Å². The summed E-state index contributed by atoms with van der Waals surface area (Å²) in [6.07, 6.45) is 2.56. The Labute approximate surface area is 53.6 Å². The first-order valence-electron chi connectivity index (χ1n) is 1.67. The first-order valence-corrected chi connectivity index (χ1v) is 1.67. The molecule has 0 rings (SSSR count). The maximum absolute atomic E-state index is 6.53. The molecular formula is C4H8NW-. The third-order valence-electron chi connectivity index (χ3n) is 0.348. The van der Waals surface area contributed by atoms with E-state index in [1.165, 1.54) is 0 Å². The molecule has 0 fully saturated rings. The van der Waals surface area contributed by atoms with E-state index in [9.17, 15) is 0 Å². The molecule has 0 spiro atoms. The molecule has 0 unspecified atom stereocenters. The van der Waals surface area contributed by atoms with Gasteiger partial charge in [0.15, 0.2) is 0 Å². The summed E-state index contributed by atoms with van der Waals surface area (Å²) in [5, 5.41) is 0. The summed E-state index contributed by atoms with van der Waals surface area (Å²) in [6, 6.07) is 0. The van der Waals surface area contributed by atoms with Crippen molar-refractivity contribution in [3.8, 4) is 0 Å². The monoisotopic (exact) mass is 254 g/mol. The van der Waals surface area contributed by atoms with Crippen LogP contribution in [0.2, 0.25) is 0 Å². The van der Waals surface area contributed by atoms with Crippen molar-refractivity contribution in [3.05, 3.63) is 19.1 Å². The van der Waals surface area contributed by atoms with Crippen molar-refractivity contribution < 1.29 is 21.1 Å². The predicted octanol–water partition coefficient (Wildman–Crippen LogP) is 1.46. The van der Waals surface area contributed by atoms with Crippen molar-refractivity contribution >= 4 is 0 Å². The van der Waals surface area contributed by atoms with Gasteiger partial charge in [-0.25, -0.2) is 0 Å². The third kappa shape index (κ3) is 8.82. The van der Waals surface area contributed by atoms with Crippen LogP contribution in [0.4, 0.5) is 0 Å². The standard InChI is InChI=1S/C4H8N.W/c1-2-3-4-5;/h2,5H,1,3-4H2;/q-1;. The summed E-state index contributed by atoms with van der Waals surface area (Å²) >= 11 is 0. The smallest absolute Gasteiger partial charge is 0.0379 e. The zero-order valence-electron chi connectivity index (χ0n) is 3.61. The van der Waals surface area contributed by atoms with E-state index in [0.717, 1.165) is 6.42 Å². The van der Waals surface area contributed by atoms with Crippen LogP contribution >= 0.6 is 0 Å². The van der Waals surface area contributed by atoms with Crippen molar-refractivity contribution in [2.75, 3.05) is 6.54 Å². The molecule has 0 amide bonds. The Morgan fingerprint density at radius 1 is 1.67 bits per heavy atom. The van der Waals surface area contributed by atoms with E-state index < -0.39 is 0 Å². The normalized spacial score (nSPS) is 6.33. The summed E-state index contributed by atoms with van der Waals surface area (Å²) in [7, 11) is 0. The van der Waals surface area contributed by atoms with Crippen molar-refractivity contribution in [2.45, 2.75) is 6.42 Å². The van der Waals surface area contributed by atoms with Gasteiger partial charge in [0.1, 0.15) is 0 Å². The molecule has 2 heteroatoms. The first-order chi connectivity index (χ1) is 2.41. The molecule has 0 aliphatic carbocycles. The van der Waals surface area contributed by atoms with Crippen LogP contribution in [0.15, 0.2) is 0 Å². The molecule has 0 aliphatic rings. The number of nitrogens with one attached hydrogen (secondary N) is 1. The molecule has 0 heterocycles. The molecule has 0 aromatic carbocycles. The average molecular weight is 254 g/mol. The minimum Gasteiger partial charge on any atom is -0.674 e. The van der Waals surface area contributed by atoms with Gasteiger partial charge in [-0.05, 0) is 0 Å². The van der Waals surface area contributed by atoms with E-state index in [1.807, 2.05) is 0 Å². The largest absolute Gasteiger partial charge is 0.674 e. The summed E-state index contributed by atoms with van der Waals surface area (Å²) in [5.41, 5.74) is 6.53. The molecule has 0 aromatic rings. The van der Waals surface area contributed by atoms with Gasteiger partial charge in [0.25, 0.3) is 0 Å². The molecular weight excluding hydrogens is 246 g/mol. The molecule has 0 bridgehead atoms. The van der Waals surface area contributed by atoms with Crippen molar-refractivity contribution in [1.82, 2.24) is 0 Å². The Hall–Kier alpha value is 0.518. The minimum absolute atomic E-state index is 0. The Bertz CT molecular complexity index is 15.0. The summed E-state index contributed by atoms with van der Waals surface area (Å²) < 4.78 is 0. The fraction of sp³-hybridized carbons (Fsp3) is 0.500. The molecule has 0 aromatic heterocycles. The second-order valence-corrected chi connectivity index (χ2v) is 0.827. The summed E-state index contributed by atoms with van der Waals surface area (Å²) in [4.78, 5) is 0. The van der Waals surface area contributed by atoms with Gasteiger partial charge in [-0.1, -0.05) is 6.42 Å². The maximum Gasteiger partial charge on any atom is 0.0379 e. The molecule has 0 saturated heterocycles. The molecule has 0 radical (unpaired) electrons. The van der Waals surface area contributed by atoms with Crippen LogP contribution in [0.5, 0.6) is 0 Å². The van der Waals surface area contributed by atoms with E-state index >= 15 is 0 Å². The number of hydrogen-bond donors (Lipinski definition) is 0. The van der Waals surface area contributed by atoms with Crippen LogP contribution in [0.3, 0.4) is 0 Å². The molecule has 6 heavy (non-hydrogen) atoms. The zero-order valence-corrected chi connectivity index (χ0v) is 6.54. The van der Waals surface area contributed by atoms with Crippen molar-refractivity contribution in [2.24, 2.45) is 0 Å². The van der Waals surface area contributed by atoms with Gasteiger partial charge in [0.05, 0.1) is 0 Å². The van der Waals surface area contributed by atoms with E-state index in [1.54, 1.807) is 6.42 Å². The predicted molar refractivity (Wildman–Crippen MR) is 23.5 cm³/mol. The molecule has 1 nitrogen and oxygen atoms in total. The fourth-order valence-corrected chi connectivity index (χ4v) is 0.102. The topological polar surface area (TPSA) is 23.8 Å². The molecule has 0 aliphatic heterocycles. The van der Waals surface area contributed by atoms with E-state index in [4.69, 9.17) is 5.73 Å². The van der Waals surface area contributed by atoms with Gasteiger partial charge in [0, 0.05) is 27.5 Å². The maximum atomic E-state index is 6.53. The van der Waals surface area contributed by atoms with Gasteiger partial charge in [-0.3, -0.25) is 0 Å². The van der Waals surface area contributed by atoms with Gasteiger partial charge >= 0.3 is 0 Å². The van der Waals surface area contributed by atoms with Crippen molar-refractivity contribution in [1.29, 1.82) is 0 Å². The molecule has 0 saturated carbocycles. The van der Waals surface area contributed by atoms with Crippen LogP contribution in [0.1, 0.15) is 6.42 Å². The quantitative estimate of drug-likeness (QED) is 0.666. The second-order valence-electron chi connectivity index (χ2n) is 0.827. The van der Waals surface area contributed by atoms with Crippen LogP contribution < -0.4 is 0 Å². The zero-order chi connectivity index (χ0) is 4.12. The molecule has 0 atom stereocenters. The first kappa shape index (κ1) is 9.72. The summed E-state index contributed by atoms with van der Waals surface area (Å²) in [5.74, 6) is 0. The second kappa shape index (κ2) is 9.10. The average Bonchev–Trinajstić information content (AvgIpc) is 1.41. The fourth-order valence-electron chi connectivity index (χ4n) is 0.102. The molecule has 36 valence electrons. The number of unbranched alkanes of at least 4 members (excludes halogenated alkanes) is 1. The van der Waals surface area contributed by atoms with E-state index in [2.05, 4.69) is 6.92 Å². The summed E-state index contributed by atoms with van der Waals surface area (Å²) in [6.45, 7) is 3.91. The van der Waals surface area contributed by atoms with E-state index in [0.29, 0.717) is 6.54 Å². The number of hydrogen-bond acceptors (Lipinski definition) is 0. The van der Waals surface area contributed by atoms with Gasteiger partial charge in [-0.2, -0.15) is 0 Å². The minimum atomic E-state index is 0. The van der Waals surface area contributed by atoms with Gasteiger partial charge in [-0.15, -0.1) is 13.5 Å². The van der Waals surface area contributed by atoms with Crippen LogP contribution in [0, 0.1) is 13.3 Å². The van der Waals surface area contributed by atoms with Crippen molar-refractivity contribution in [3.63, 3.8) is 0 Å². The van der Waals surface area contributed by atoms with Gasteiger partial charge < -0.3 is 5.73 Å². The van der Waals surface area contributed by atoms with Crippen LogP contribution in [-0.4, -0.2) is 6.54 Å². The Morgan fingerprint density at radius 3 is 2.17 bits per heavy atom. The Morgan fingerprint density at radius 2 is 2.17 bits per heavy atom. The molecule has 1 N–H and O–H groups in total. The third-order valence-corrected chi connectivity index (χ3v) is 0.348. The Balaban J connectivity index is 0. The van der Waals surface area contributed by atoms with E-state index in [-0.39, 0.29) is 21.1 Å². The van der Waals surface area contributed by atoms with Crippen LogP contribution in [0.25, 0.3) is 5.73 Å². The Kier molecular flexibility index (Phi) is 14.7. The van der Waals surface area contributed by atoms with Crippen LogP contribution in [-0.2, 0) is 21.1 Å². The number of rotatable bonds is 2.